The maximum atomic E-state index is 13.4. The minimum Gasteiger partial charge on any atom is -0.396 e. The molecule has 2 rings (SSSR count). The lowest BCUT2D eigenvalue weighted by Gasteiger charge is -2.33. The van der Waals surface area contributed by atoms with Crippen LogP contribution in [0.1, 0.15) is 11.1 Å². The molecule has 0 aromatic heterocycles. The van der Waals surface area contributed by atoms with Crippen LogP contribution < -0.4 is 5.73 Å². The Hall–Kier alpha value is -1.34. The van der Waals surface area contributed by atoms with E-state index in [9.17, 15) is 17.6 Å². The van der Waals surface area contributed by atoms with Gasteiger partial charge in [-0.1, -0.05) is 0 Å². The lowest BCUT2D eigenvalue weighted by molar-refractivity contribution is -0.138. The van der Waals surface area contributed by atoms with E-state index in [0.29, 0.717) is 19.2 Å². The van der Waals surface area contributed by atoms with E-state index in [1.165, 1.54) is 0 Å². The van der Waals surface area contributed by atoms with Crippen molar-refractivity contribution in [3.05, 3.63) is 29.1 Å². The first-order valence-corrected chi connectivity index (χ1v) is 6.33. The van der Waals surface area contributed by atoms with E-state index in [-0.39, 0.29) is 12.1 Å². The highest BCUT2D eigenvalue weighted by atomic mass is 19.4. The molecule has 1 heterocycles. The van der Waals surface area contributed by atoms with Gasteiger partial charge in [-0.3, -0.25) is 4.90 Å². The first-order chi connectivity index (χ1) is 9.27. The third kappa shape index (κ3) is 3.40. The number of hydrogen-bond acceptors (Lipinski definition) is 3. The molecule has 112 valence electrons. The standard InChI is InChI=1S/C13H17F4N3/c1-19-2-4-20(5-3-19)8-9-6-11(14)12(18)7-10(9)13(15,16)17/h6-7H,2-5,8,18H2,1H3. The van der Waals surface area contributed by atoms with Crippen molar-refractivity contribution >= 4 is 5.69 Å². The molecule has 7 heteroatoms. The van der Waals surface area contributed by atoms with Crippen LogP contribution in [0.25, 0.3) is 0 Å². The van der Waals surface area contributed by atoms with E-state index in [1.807, 2.05) is 11.9 Å². The summed E-state index contributed by atoms with van der Waals surface area (Å²) >= 11 is 0. The fraction of sp³-hybridized carbons (Fsp3) is 0.538. The molecule has 0 atom stereocenters. The minimum absolute atomic E-state index is 0.0613. The molecule has 0 aliphatic carbocycles. The van der Waals surface area contributed by atoms with Crippen molar-refractivity contribution in [3.8, 4) is 0 Å². The van der Waals surface area contributed by atoms with Crippen molar-refractivity contribution in [1.29, 1.82) is 0 Å². The Labute approximate surface area is 115 Å². The molecule has 0 saturated carbocycles. The van der Waals surface area contributed by atoms with Crippen LogP contribution in [0.15, 0.2) is 12.1 Å². The number of nitrogens with zero attached hydrogens (tertiary/aromatic N) is 2. The Morgan fingerprint density at radius 3 is 2.30 bits per heavy atom. The lowest BCUT2D eigenvalue weighted by Crippen LogP contribution is -2.44. The Bertz CT molecular complexity index is 479. The highest BCUT2D eigenvalue weighted by molar-refractivity contribution is 5.47. The van der Waals surface area contributed by atoms with Crippen LogP contribution in [0.4, 0.5) is 23.2 Å². The summed E-state index contributed by atoms with van der Waals surface area (Å²) in [6.07, 6.45) is -4.52. The molecule has 0 spiro atoms. The molecule has 20 heavy (non-hydrogen) atoms. The summed E-state index contributed by atoms with van der Waals surface area (Å²) in [6, 6.07) is 1.58. The van der Waals surface area contributed by atoms with E-state index >= 15 is 0 Å². The number of halogens is 4. The van der Waals surface area contributed by atoms with Gasteiger partial charge in [-0.05, 0) is 24.7 Å². The lowest BCUT2D eigenvalue weighted by atomic mass is 10.0. The topological polar surface area (TPSA) is 32.5 Å². The molecule has 2 N–H and O–H groups in total. The molecule has 0 amide bonds. The van der Waals surface area contributed by atoms with Crippen molar-refractivity contribution in [2.24, 2.45) is 0 Å². The van der Waals surface area contributed by atoms with Crippen LogP contribution in [-0.2, 0) is 12.7 Å². The van der Waals surface area contributed by atoms with Gasteiger partial charge in [-0.25, -0.2) is 4.39 Å². The number of rotatable bonds is 2. The van der Waals surface area contributed by atoms with Crippen molar-refractivity contribution in [1.82, 2.24) is 9.80 Å². The van der Waals surface area contributed by atoms with Gasteiger partial charge in [0.2, 0.25) is 0 Å². The highest BCUT2D eigenvalue weighted by Gasteiger charge is 2.34. The summed E-state index contributed by atoms with van der Waals surface area (Å²) in [4.78, 5) is 3.99. The second-order valence-corrected chi connectivity index (χ2v) is 5.11. The molecule has 0 radical (unpaired) electrons. The zero-order valence-electron chi connectivity index (χ0n) is 11.2. The van der Waals surface area contributed by atoms with Crippen molar-refractivity contribution < 1.29 is 17.6 Å². The maximum absolute atomic E-state index is 13.4. The monoisotopic (exact) mass is 291 g/mol. The summed E-state index contributed by atoms with van der Waals surface area (Å²) in [6.45, 7) is 3.00. The van der Waals surface area contributed by atoms with E-state index in [1.54, 1.807) is 0 Å². The Morgan fingerprint density at radius 1 is 1.15 bits per heavy atom. The molecule has 1 aliphatic rings. The van der Waals surface area contributed by atoms with Crippen molar-refractivity contribution in [2.75, 3.05) is 39.0 Å². The Kier molecular flexibility index (Phi) is 4.19. The van der Waals surface area contributed by atoms with E-state index < -0.39 is 23.2 Å². The molecule has 0 unspecified atom stereocenters. The number of piperazine rings is 1. The first kappa shape index (κ1) is 15.1. The van der Waals surface area contributed by atoms with Crippen molar-refractivity contribution in [3.63, 3.8) is 0 Å². The SMILES string of the molecule is CN1CCN(Cc2cc(F)c(N)cc2C(F)(F)F)CC1. The van der Waals surface area contributed by atoms with Gasteiger partial charge < -0.3 is 10.6 Å². The summed E-state index contributed by atoms with van der Waals surface area (Å²) < 4.78 is 52.4. The Balaban J connectivity index is 2.24. The summed E-state index contributed by atoms with van der Waals surface area (Å²) in [5, 5.41) is 0. The average molecular weight is 291 g/mol. The predicted octanol–water partition coefficient (Wildman–Crippen LogP) is 2.17. The average Bonchev–Trinajstić information content (AvgIpc) is 2.35. The third-order valence-electron chi connectivity index (χ3n) is 3.52. The molecule has 1 aliphatic heterocycles. The normalized spacial score (nSPS) is 18.4. The van der Waals surface area contributed by atoms with Gasteiger partial charge >= 0.3 is 6.18 Å². The molecule has 3 nitrogen and oxygen atoms in total. The van der Waals surface area contributed by atoms with Gasteiger partial charge in [-0.15, -0.1) is 0 Å². The van der Waals surface area contributed by atoms with Crippen LogP contribution in [-0.4, -0.2) is 43.0 Å². The van der Waals surface area contributed by atoms with E-state index in [4.69, 9.17) is 5.73 Å². The van der Waals surface area contributed by atoms with Gasteiger partial charge in [-0.2, -0.15) is 13.2 Å². The number of benzene rings is 1. The number of likely N-dealkylation sites (N-methyl/N-ethyl adjacent to an activating group) is 1. The van der Waals surface area contributed by atoms with Crippen LogP contribution in [0.2, 0.25) is 0 Å². The zero-order chi connectivity index (χ0) is 14.9. The number of nitrogen functional groups attached to an aromatic ring is 1. The largest absolute Gasteiger partial charge is 0.416 e. The summed E-state index contributed by atoms with van der Waals surface area (Å²) in [5.41, 5.74) is 3.86. The van der Waals surface area contributed by atoms with Gasteiger partial charge in [0.25, 0.3) is 0 Å². The molecular weight excluding hydrogens is 274 g/mol. The third-order valence-corrected chi connectivity index (χ3v) is 3.52. The van der Waals surface area contributed by atoms with Gasteiger partial charge in [0.05, 0.1) is 11.3 Å². The highest BCUT2D eigenvalue weighted by Crippen LogP contribution is 2.34. The van der Waals surface area contributed by atoms with Crippen molar-refractivity contribution in [2.45, 2.75) is 12.7 Å². The van der Waals surface area contributed by atoms with Crippen LogP contribution in [0, 0.1) is 5.82 Å². The maximum Gasteiger partial charge on any atom is 0.416 e. The van der Waals surface area contributed by atoms with Crippen LogP contribution in [0.3, 0.4) is 0 Å². The molecule has 1 aromatic carbocycles. The van der Waals surface area contributed by atoms with Crippen LogP contribution >= 0.6 is 0 Å². The number of alkyl halides is 3. The van der Waals surface area contributed by atoms with E-state index in [2.05, 4.69) is 4.90 Å². The molecule has 1 aromatic rings. The second kappa shape index (κ2) is 5.57. The first-order valence-electron chi connectivity index (χ1n) is 6.33. The second-order valence-electron chi connectivity index (χ2n) is 5.11. The fourth-order valence-electron chi connectivity index (χ4n) is 2.27. The number of hydrogen-bond donors (Lipinski definition) is 1. The van der Waals surface area contributed by atoms with Crippen LogP contribution in [0.5, 0.6) is 0 Å². The Morgan fingerprint density at radius 2 is 1.75 bits per heavy atom. The molecule has 0 bridgehead atoms. The molecule has 1 saturated heterocycles. The minimum atomic E-state index is -4.52. The smallest absolute Gasteiger partial charge is 0.396 e. The fourth-order valence-corrected chi connectivity index (χ4v) is 2.27. The zero-order valence-corrected chi connectivity index (χ0v) is 11.2. The van der Waals surface area contributed by atoms with Gasteiger partial charge in [0.15, 0.2) is 0 Å². The number of anilines is 1. The molecular formula is C13H17F4N3. The summed E-state index contributed by atoms with van der Waals surface area (Å²) in [5.74, 6) is -0.804. The molecule has 1 fully saturated rings. The van der Waals surface area contributed by atoms with E-state index in [0.717, 1.165) is 19.2 Å². The summed E-state index contributed by atoms with van der Waals surface area (Å²) in [7, 11) is 1.96. The van der Waals surface area contributed by atoms with Gasteiger partial charge in [0.1, 0.15) is 5.82 Å². The number of nitrogens with two attached hydrogens (primary N) is 1. The predicted molar refractivity (Wildman–Crippen MR) is 68.6 cm³/mol. The quantitative estimate of drug-likeness (QED) is 0.669. The van der Waals surface area contributed by atoms with Gasteiger partial charge in [0, 0.05) is 32.7 Å².